The number of anilines is 2. The predicted molar refractivity (Wildman–Crippen MR) is 133 cm³/mol. The Hall–Kier alpha value is -4.27. The molecule has 3 aromatic carbocycles. The van der Waals surface area contributed by atoms with Crippen LogP contribution in [0.15, 0.2) is 54.6 Å². The second kappa shape index (κ2) is 9.30. The lowest BCUT2D eigenvalue weighted by atomic mass is 10.1. The van der Waals surface area contributed by atoms with Gasteiger partial charge in [-0.15, -0.1) is 10.2 Å². The van der Waals surface area contributed by atoms with Gasteiger partial charge >= 0.3 is 0 Å². The Kier molecular flexibility index (Phi) is 6.27. The van der Waals surface area contributed by atoms with Gasteiger partial charge in [-0.3, -0.25) is 14.9 Å². The van der Waals surface area contributed by atoms with E-state index in [1.165, 1.54) is 18.2 Å². The molecule has 1 aromatic heterocycles. The van der Waals surface area contributed by atoms with Gasteiger partial charge in [0.25, 0.3) is 11.6 Å². The number of benzene rings is 3. The standard InChI is InChI=1S/C25H26N6O3/c1-5-29(6-2)19-8-10-20(11-9-19)30-27-22-14-16(3)21(15-23(22)28-30)26-25(32)18-7-12-24(31(33)34)17(4)13-18/h7-15H,5-6H2,1-4H3,(H,26,32). The Morgan fingerprint density at radius 1 is 0.971 bits per heavy atom. The van der Waals surface area contributed by atoms with Gasteiger partial charge in [-0.05, 0) is 81.8 Å². The first kappa shape index (κ1) is 22.9. The summed E-state index contributed by atoms with van der Waals surface area (Å²) in [6.45, 7) is 9.62. The number of fused-ring (bicyclic) bond motifs is 1. The van der Waals surface area contributed by atoms with Crippen molar-refractivity contribution in [1.82, 2.24) is 15.0 Å². The summed E-state index contributed by atoms with van der Waals surface area (Å²) in [6, 6.07) is 16.1. The summed E-state index contributed by atoms with van der Waals surface area (Å²) in [4.78, 5) is 27.2. The molecule has 0 aliphatic heterocycles. The van der Waals surface area contributed by atoms with Gasteiger partial charge in [-0.2, -0.15) is 4.80 Å². The molecule has 0 saturated carbocycles. The quantitative estimate of drug-likeness (QED) is 0.307. The van der Waals surface area contributed by atoms with E-state index in [2.05, 4.69) is 46.4 Å². The Morgan fingerprint density at radius 2 is 1.62 bits per heavy atom. The zero-order valence-corrected chi connectivity index (χ0v) is 19.6. The van der Waals surface area contributed by atoms with Crippen LogP contribution in [0.25, 0.3) is 16.7 Å². The van der Waals surface area contributed by atoms with Crippen LogP contribution in [0.5, 0.6) is 0 Å². The summed E-state index contributed by atoms with van der Waals surface area (Å²) in [7, 11) is 0. The van der Waals surface area contributed by atoms with E-state index in [-0.39, 0.29) is 11.6 Å². The molecule has 0 saturated heterocycles. The third-order valence-electron chi connectivity index (χ3n) is 5.84. The normalized spacial score (nSPS) is 10.9. The van der Waals surface area contributed by atoms with Gasteiger partial charge in [0.2, 0.25) is 0 Å². The van der Waals surface area contributed by atoms with Gasteiger partial charge in [0.1, 0.15) is 11.0 Å². The number of nitro groups is 1. The average Bonchev–Trinajstić information content (AvgIpc) is 3.22. The van der Waals surface area contributed by atoms with E-state index in [1.807, 2.05) is 25.1 Å². The number of nitrogens with zero attached hydrogens (tertiary/aromatic N) is 5. The number of carbonyl (C=O) groups excluding carboxylic acids is 1. The van der Waals surface area contributed by atoms with Gasteiger partial charge in [-0.25, -0.2) is 0 Å². The number of nitro benzene ring substituents is 1. The Labute approximate surface area is 197 Å². The molecular weight excluding hydrogens is 432 g/mol. The van der Waals surface area contributed by atoms with Crippen molar-refractivity contribution >= 4 is 34.0 Å². The SMILES string of the molecule is CCN(CC)c1ccc(-n2nc3cc(C)c(NC(=O)c4ccc([N+](=O)[O-])c(C)c4)cc3n2)cc1. The molecule has 0 spiro atoms. The maximum Gasteiger partial charge on any atom is 0.272 e. The van der Waals surface area contributed by atoms with Crippen molar-refractivity contribution in [2.45, 2.75) is 27.7 Å². The summed E-state index contributed by atoms with van der Waals surface area (Å²) in [6.07, 6.45) is 0. The molecule has 0 unspecified atom stereocenters. The lowest BCUT2D eigenvalue weighted by molar-refractivity contribution is -0.385. The largest absolute Gasteiger partial charge is 0.372 e. The molecule has 9 nitrogen and oxygen atoms in total. The first-order valence-corrected chi connectivity index (χ1v) is 11.1. The summed E-state index contributed by atoms with van der Waals surface area (Å²) >= 11 is 0. The van der Waals surface area contributed by atoms with E-state index in [0.717, 1.165) is 35.5 Å². The van der Waals surface area contributed by atoms with Crippen molar-refractivity contribution in [3.8, 4) is 5.69 Å². The molecule has 0 aliphatic rings. The van der Waals surface area contributed by atoms with Crippen molar-refractivity contribution < 1.29 is 9.72 Å². The smallest absolute Gasteiger partial charge is 0.272 e. The topological polar surface area (TPSA) is 106 Å². The summed E-state index contributed by atoms with van der Waals surface area (Å²) in [5.74, 6) is -0.347. The van der Waals surface area contributed by atoms with E-state index < -0.39 is 4.92 Å². The van der Waals surface area contributed by atoms with Crippen LogP contribution >= 0.6 is 0 Å². The van der Waals surface area contributed by atoms with E-state index in [1.54, 1.807) is 17.8 Å². The summed E-state index contributed by atoms with van der Waals surface area (Å²) < 4.78 is 0. The molecule has 0 aliphatic carbocycles. The molecule has 1 heterocycles. The fourth-order valence-electron chi connectivity index (χ4n) is 3.90. The fraction of sp³-hybridized carbons (Fsp3) is 0.240. The van der Waals surface area contributed by atoms with Crippen LogP contribution in [0.4, 0.5) is 17.1 Å². The number of aromatic nitrogens is 3. The minimum atomic E-state index is -0.463. The number of amides is 1. The highest BCUT2D eigenvalue weighted by atomic mass is 16.6. The number of aryl methyl sites for hydroxylation is 2. The first-order valence-electron chi connectivity index (χ1n) is 11.1. The van der Waals surface area contributed by atoms with E-state index in [0.29, 0.717) is 22.3 Å². The maximum atomic E-state index is 12.8. The third kappa shape index (κ3) is 4.45. The first-order chi connectivity index (χ1) is 16.3. The van der Waals surface area contributed by atoms with Crippen molar-refractivity contribution in [3.05, 3.63) is 81.4 Å². The van der Waals surface area contributed by atoms with Crippen molar-refractivity contribution in [3.63, 3.8) is 0 Å². The van der Waals surface area contributed by atoms with Crippen molar-refractivity contribution in [2.24, 2.45) is 0 Å². The highest BCUT2D eigenvalue weighted by Crippen LogP contribution is 2.25. The predicted octanol–water partition coefficient (Wildman–Crippen LogP) is 5.04. The highest BCUT2D eigenvalue weighted by molar-refractivity contribution is 6.05. The minimum absolute atomic E-state index is 0.0177. The Balaban J connectivity index is 1.59. The van der Waals surface area contributed by atoms with E-state index in [9.17, 15) is 14.9 Å². The maximum absolute atomic E-state index is 12.8. The lowest BCUT2D eigenvalue weighted by Gasteiger charge is -2.20. The van der Waals surface area contributed by atoms with Crippen molar-refractivity contribution in [2.75, 3.05) is 23.3 Å². The Morgan fingerprint density at radius 3 is 2.21 bits per heavy atom. The molecule has 0 fully saturated rings. The number of hydrogen-bond acceptors (Lipinski definition) is 6. The van der Waals surface area contributed by atoms with Crippen LogP contribution < -0.4 is 10.2 Å². The van der Waals surface area contributed by atoms with Gasteiger partial charge in [0.15, 0.2) is 0 Å². The van der Waals surface area contributed by atoms with Gasteiger partial charge in [0.05, 0.1) is 10.6 Å². The summed E-state index contributed by atoms with van der Waals surface area (Å²) in [5, 5.41) is 23.1. The van der Waals surface area contributed by atoms with E-state index in [4.69, 9.17) is 0 Å². The molecule has 4 rings (SSSR count). The molecule has 0 atom stereocenters. The number of rotatable bonds is 7. The Bertz CT molecular complexity index is 1370. The fourth-order valence-corrected chi connectivity index (χ4v) is 3.90. The molecule has 1 amide bonds. The van der Waals surface area contributed by atoms with Crippen LogP contribution in [-0.2, 0) is 0 Å². The molecule has 4 aromatic rings. The molecule has 0 bridgehead atoms. The van der Waals surface area contributed by atoms with Crippen LogP contribution in [-0.4, -0.2) is 38.9 Å². The van der Waals surface area contributed by atoms with Gasteiger partial charge in [0, 0.05) is 41.7 Å². The molecule has 0 radical (unpaired) electrons. The lowest BCUT2D eigenvalue weighted by Crippen LogP contribution is -2.21. The monoisotopic (exact) mass is 458 g/mol. The second-order valence-electron chi connectivity index (χ2n) is 8.05. The van der Waals surface area contributed by atoms with Gasteiger partial charge in [-0.1, -0.05) is 0 Å². The zero-order valence-electron chi connectivity index (χ0n) is 19.6. The second-order valence-corrected chi connectivity index (χ2v) is 8.05. The number of hydrogen-bond donors (Lipinski definition) is 1. The van der Waals surface area contributed by atoms with Crippen LogP contribution in [0.3, 0.4) is 0 Å². The van der Waals surface area contributed by atoms with Crippen LogP contribution in [0, 0.1) is 24.0 Å². The summed E-state index contributed by atoms with van der Waals surface area (Å²) in [5.41, 5.74) is 5.56. The average molecular weight is 459 g/mol. The van der Waals surface area contributed by atoms with Gasteiger partial charge < -0.3 is 10.2 Å². The molecular formula is C25H26N6O3. The minimum Gasteiger partial charge on any atom is -0.372 e. The molecule has 1 N–H and O–H groups in total. The third-order valence-corrected chi connectivity index (χ3v) is 5.84. The van der Waals surface area contributed by atoms with Crippen LogP contribution in [0.2, 0.25) is 0 Å². The number of nitrogens with one attached hydrogen (secondary N) is 1. The zero-order chi connectivity index (χ0) is 24.4. The highest BCUT2D eigenvalue weighted by Gasteiger charge is 2.16. The molecule has 34 heavy (non-hydrogen) atoms. The van der Waals surface area contributed by atoms with E-state index >= 15 is 0 Å². The number of carbonyl (C=O) groups is 1. The molecule has 174 valence electrons. The molecule has 9 heteroatoms. The van der Waals surface area contributed by atoms with Crippen LogP contribution in [0.1, 0.15) is 35.3 Å². The van der Waals surface area contributed by atoms with Crippen molar-refractivity contribution in [1.29, 1.82) is 0 Å².